The number of thioether (sulfide) groups is 1. The number of unbranched alkanes of at least 4 members (excludes halogenated alkanes) is 1. The first-order chi connectivity index (χ1) is 12.6. The minimum absolute atomic E-state index is 0.494. The number of carbonyl (C=O) groups is 2. The topological polar surface area (TPSA) is 85.3 Å². The molecule has 0 radical (unpaired) electrons. The highest BCUT2D eigenvalue weighted by Crippen LogP contribution is 2.36. The Bertz CT molecular complexity index is 802. The summed E-state index contributed by atoms with van der Waals surface area (Å²) < 4.78 is 6.87. The summed E-state index contributed by atoms with van der Waals surface area (Å²) >= 11 is 1.74. The summed E-state index contributed by atoms with van der Waals surface area (Å²) in [5.74, 6) is 1.56. The van der Waals surface area contributed by atoms with Crippen molar-refractivity contribution >= 4 is 29.4 Å². The Morgan fingerprint density at radius 2 is 2.00 bits per heavy atom. The molecule has 138 valence electrons. The van der Waals surface area contributed by atoms with Crippen molar-refractivity contribution in [3.63, 3.8) is 0 Å². The van der Waals surface area contributed by atoms with Crippen molar-refractivity contribution in [2.75, 3.05) is 19.0 Å². The summed E-state index contributed by atoms with van der Waals surface area (Å²) in [7, 11) is 1.61. The number of fused-ring (bicyclic) bond motifs is 1. The first-order valence-electron chi connectivity index (χ1n) is 8.56. The number of ether oxygens (including phenoxy) is 1. The second-order valence-corrected chi connectivity index (χ2v) is 6.93. The van der Waals surface area contributed by atoms with E-state index in [2.05, 4.69) is 15.7 Å². The lowest BCUT2D eigenvalue weighted by atomic mass is 10.2. The van der Waals surface area contributed by atoms with E-state index < -0.39 is 11.8 Å². The van der Waals surface area contributed by atoms with Crippen molar-refractivity contribution in [3.8, 4) is 11.4 Å². The average Bonchev–Trinajstić information content (AvgIpc) is 3.24. The van der Waals surface area contributed by atoms with Crippen molar-refractivity contribution < 1.29 is 14.3 Å². The van der Waals surface area contributed by atoms with Crippen LogP contribution in [-0.4, -0.2) is 35.2 Å². The maximum absolute atomic E-state index is 12.3. The normalized spacial score (nSPS) is 12.5. The third kappa shape index (κ3) is 3.85. The molecule has 1 aliphatic rings. The average molecular weight is 374 g/mol. The van der Waals surface area contributed by atoms with Gasteiger partial charge in [0.15, 0.2) is 0 Å². The summed E-state index contributed by atoms with van der Waals surface area (Å²) in [6, 6.07) is 7.40. The number of hydrogen-bond donors (Lipinski definition) is 2. The van der Waals surface area contributed by atoms with Crippen molar-refractivity contribution in [1.29, 1.82) is 0 Å². The van der Waals surface area contributed by atoms with Gasteiger partial charge < -0.3 is 15.4 Å². The molecule has 0 aliphatic carbocycles. The Morgan fingerprint density at radius 3 is 2.69 bits per heavy atom. The van der Waals surface area contributed by atoms with Crippen molar-refractivity contribution in [1.82, 2.24) is 15.1 Å². The zero-order valence-electron chi connectivity index (χ0n) is 14.9. The zero-order chi connectivity index (χ0) is 18.5. The highest BCUT2D eigenvalue weighted by atomic mass is 32.2. The number of benzene rings is 1. The molecule has 0 saturated heterocycles. The van der Waals surface area contributed by atoms with Crippen LogP contribution in [0.3, 0.4) is 0 Å². The molecule has 0 unspecified atom stereocenters. The number of hydrogen-bond acceptors (Lipinski definition) is 5. The van der Waals surface area contributed by atoms with Crippen LogP contribution >= 0.6 is 11.8 Å². The SMILES string of the molecule is CCCCNC(=O)C(=O)Nc1c2c(nn1-c1ccc(OC)cc1)CSC2. The van der Waals surface area contributed by atoms with Gasteiger partial charge in [-0.25, -0.2) is 4.68 Å². The molecule has 2 aromatic rings. The third-order valence-electron chi connectivity index (χ3n) is 4.12. The van der Waals surface area contributed by atoms with Crippen LogP contribution in [0.2, 0.25) is 0 Å². The van der Waals surface area contributed by atoms with Crippen molar-refractivity contribution in [3.05, 3.63) is 35.5 Å². The molecule has 2 heterocycles. The van der Waals surface area contributed by atoms with Gasteiger partial charge in [0.1, 0.15) is 11.6 Å². The number of rotatable bonds is 6. The molecule has 1 aliphatic heterocycles. The van der Waals surface area contributed by atoms with Gasteiger partial charge >= 0.3 is 11.8 Å². The van der Waals surface area contributed by atoms with E-state index in [1.807, 2.05) is 31.2 Å². The number of carbonyl (C=O) groups excluding carboxylic acids is 2. The molecule has 0 saturated carbocycles. The molecule has 1 aromatic carbocycles. The number of amides is 2. The molecule has 0 fully saturated rings. The Kier molecular flexibility index (Phi) is 5.82. The van der Waals surface area contributed by atoms with Gasteiger partial charge in [0.25, 0.3) is 0 Å². The first kappa shape index (κ1) is 18.3. The van der Waals surface area contributed by atoms with Gasteiger partial charge in [-0.05, 0) is 30.7 Å². The van der Waals surface area contributed by atoms with Gasteiger partial charge in [-0.2, -0.15) is 16.9 Å². The molecule has 0 spiro atoms. The zero-order valence-corrected chi connectivity index (χ0v) is 15.7. The van der Waals surface area contributed by atoms with Gasteiger partial charge in [0.05, 0.1) is 18.5 Å². The third-order valence-corrected chi connectivity index (χ3v) is 5.09. The molecule has 2 N–H and O–H groups in total. The van der Waals surface area contributed by atoms with E-state index >= 15 is 0 Å². The Balaban J connectivity index is 1.83. The van der Waals surface area contributed by atoms with Crippen LogP contribution in [0.5, 0.6) is 5.75 Å². The van der Waals surface area contributed by atoms with Gasteiger partial charge in [0.2, 0.25) is 0 Å². The van der Waals surface area contributed by atoms with Crippen molar-refractivity contribution in [2.24, 2.45) is 0 Å². The van der Waals surface area contributed by atoms with E-state index in [1.54, 1.807) is 23.6 Å². The van der Waals surface area contributed by atoms with Crippen LogP contribution in [0, 0.1) is 0 Å². The van der Waals surface area contributed by atoms with E-state index in [0.29, 0.717) is 12.4 Å². The summed E-state index contributed by atoms with van der Waals surface area (Å²) in [6.07, 6.45) is 1.80. The summed E-state index contributed by atoms with van der Waals surface area (Å²) in [5, 5.41) is 10.00. The quantitative estimate of drug-likeness (QED) is 0.599. The van der Waals surface area contributed by atoms with Gasteiger partial charge in [-0.1, -0.05) is 13.3 Å². The Hall–Kier alpha value is -2.48. The number of methoxy groups -OCH3 is 1. The lowest BCUT2D eigenvalue weighted by Crippen LogP contribution is -2.36. The van der Waals surface area contributed by atoms with Crippen LogP contribution in [0.15, 0.2) is 24.3 Å². The predicted molar refractivity (Wildman–Crippen MR) is 102 cm³/mol. The van der Waals surface area contributed by atoms with Gasteiger partial charge in [-0.3, -0.25) is 9.59 Å². The van der Waals surface area contributed by atoms with Crippen LogP contribution in [0.1, 0.15) is 31.0 Å². The monoisotopic (exact) mass is 374 g/mol. The molecule has 0 atom stereocenters. The molecular weight excluding hydrogens is 352 g/mol. The molecule has 0 bridgehead atoms. The number of anilines is 1. The van der Waals surface area contributed by atoms with Crippen LogP contribution in [-0.2, 0) is 21.1 Å². The minimum atomic E-state index is -0.671. The number of nitrogens with zero attached hydrogens (tertiary/aromatic N) is 2. The molecule has 3 rings (SSSR count). The minimum Gasteiger partial charge on any atom is -0.497 e. The molecule has 26 heavy (non-hydrogen) atoms. The first-order valence-corrected chi connectivity index (χ1v) is 9.71. The number of aromatic nitrogens is 2. The highest BCUT2D eigenvalue weighted by Gasteiger charge is 2.26. The second-order valence-electron chi connectivity index (χ2n) is 5.94. The standard InChI is InChI=1S/C18H22N4O3S/c1-3-4-9-19-17(23)18(24)20-16-14-10-26-11-15(14)21-22(16)12-5-7-13(25-2)8-6-12/h5-8H,3-4,9-11H2,1-2H3,(H,19,23)(H,20,24). The fourth-order valence-corrected chi connectivity index (χ4v) is 3.71. The van der Waals surface area contributed by atoms with E-state index in [-0.39, 0.29) is 0 Å². The Labute approximate surface area is 156 Å². The Morgan fingerprint density at radius 1 is 1.23 bits per heavy atom. The summed E-state index contributed by atoms with van der Waals surface area (Å²) in [4.78, 5) is 24.3. The van der Waals surface area contributed by atoms with Crippen LogP contribution < -0.4 is 15.4 Å². The maximum Gasteiger partial charge on any atom is 0.314 e. The van der Waals surface area contributed by atoms with Crippen LogP contribution in [0.4, 0.5) is 5.82 Å². The van der Waals surface area contributed by atoms with Gasteiger partial charge in [-0.15, -0.1) is 0 Å². The fraction of sp³-hybridized carbons (Fsp3) is 0.389. The highest BCUT2D eigenvalue weighted by molar-refractivity contribution is 7.98. The number of nitrogens with one attached hydrogen (secondary N) is 2. The molecule has 1 aromatic heterocycles. The lowest BCUT2D eigenvalue weighted by molar-refractivity contribution is -0.136. The van der Waals surface area contributed by atoms with Crippen LogP contribution in [0.25, 0.3) is 5.69 Å². The predicted octanol–water partition coefficient (Wildman–Crippen LogP) is 2.48. The molecule has 2 amide bonds. The summed E-state index contributed by atoms with van der Waals surface area (Å²) in [5.41, 5.74) is 2.71. The molecule has 7 nitrogen and oxygen atoms in total. The van der Waals surface area contributed by atoms with E-state index in [4.69, 9.17) is 4.74 Å². The molecular formula is C18H22N4O3S. The van der Waals surface area contributed by atoms with E-state index in [1.165, 1.54) is 0 Å². The summed E-state index contributed by atoms with van der Waals surface area (Å²) in [6.45, 7) is 2.52. The van der Waals surface area contributed by atoms with Crippen molar-refractivity contribution in [2.45, 2.75) is 31.3 Å². The molecule has 8 heteroatoms. The van der Waals surface area contributed by atoms with E-state index in [0.717, 1.165) is 47.0 Å². The fourth-order valence-electron chi connectivity index (χ4n) is 2.67. The van der Waals surface area contributed by atoms with Gasteiger partial charge in [0, 0.05) is 23.6 Å². The largest absolute Gasteiger partial charge is 0.497 e. The lowest BCUT2D eigenvalue weighted by Gasteiger charge is -2.11. The van der Waals surface area contributed by atoms with E-state index in [9.17, 15) is 9.59 Å². The smallest absolute Gasteiger partial charge is 0.314 e. The second kappa shape index (κ2) is 8.27. The maximum atomic E-state index is 12.3.